The van der Waals surface area contributed by atoms with Gasteiger partial charge in [0, 0.05) is 49.3 Å². The summed E-state index contributed by atoms with van der Waals surface area (Å²) in [7, 11) is 0. The number of rotatable bonds is 4. The molecule has 0 bridgehead atoms. The van der Waals surface area contributed by atoms with Crippen LogP contribution in [0.3, 0.4) is 0 Å². The molecule has 1 fully saturated rings. The van der Waals surface area contributed by atoms with Crippen LogP contribution in [0.4, 0.5) is 14.5 Å². The Morgan fingerprint density at radius 3 is 2.07 bits per heavy atom. The summed E-state index contributed by atoms with van der Waals surface area (Å²) < 4.78 is 26.6. The summed E-state index contributed by atoms with van der Waals surface area (Å²) in [6, 6.07) is 21.7. The first kappa shape index (κ1) is 18.8. The van der Waals surface area contributed by atoms with E-state index in [4.69, 9.17) is 0 Å². The highest BCUT2D eigenvalue weighted by atomic mass is 19.1. The second kappa shape index (κ2) is 7.92. The van der Waals surface area contributed by atoms with Gasteiger partial charge in [-0.25, -0.2) is 8.78 Å². The van der Waals surface area contributed by atoms with Crippen molar-refractivity contribution in [3.8, 4) is 11.3 Å². The number of anilines is 1. The molecular weight excluding hydrogens is 380 g/mol. The average Bonchev–Trinajstić information content (AvgIpc) is 3.14. The molecule has 4 aromatic rings. The molecule has 3 nitrogen and oxygen atoms in total. The van der Waals surface area contributed by atoms with Crippen molar-refractivity contribution >= 4 is 16.6 Å². The van der Waals surface area contributed by atoms with Crippen LogP contribution in [-0.4, -0.2) is 36.1 Å². The van der Waals surface area contributed by atoms with Gasteiger partial charge >= 0.3 is 0 Å². The molecule has 3 aromatic carbocycles. The van der Waals surface area contributed by atoms with E-state index >= 15 is 0 Å². The molecule has 1 N–H and O–H groups in total. The fraction of sp³-hybridized carbons (Fsp3) is 0.200. The van der Waals surface area contributed by atoms with Crippen LogP contribution >= 0.6 is 0 Å². The van der Waals surface area contributed by atoms with Crippen molar-refractivity contribution in [3.63, 3.8) is 0 Å². The van der Waals surface area contributed by atoms with E-state index in [2.05, 4.69) is 33.0 Å². The average molecular weight is 403 g/mol. The van der Waals surface area contributed by atoms with Crippen molar-refractivity contribution in [2.75, 3.05) is 31.1 Å². The molecule has 0 spiro atoms. The Morgan fingerprint density at radius 2 is 1.37 bits per heavy atom. The largest absolute Gasteiger partial charge is 0.369 e. The third kappa shape index (κ3) is 3.68. The molecule has 0 unspecified atom stereocenters. The molecule has 0 amide bonds. The van der Waals surface area contributed by atoms with Gasteiger partial charge in [-0.1, -0.05) is 18.2 Å². The summed E-state index contributed by atoms with van der Waals surface area (Å²) in [4.78, 5) is 8.28. The number of hydrogen-bond acceptors (Lipinski definition) is 2. The van der Waals surface area contributed by atoms with Crippen molar-refractivity contribution < 1.29 is 8.78 Å². The van der Waals surface area contributed by atoms with Crippen molar-refractivity contribution in [1.82, 2.24) is 9.88 Å². The lowest BCUT2D eigenvalue weighted by atomic mass is 10.0. The van der Waals surface area contributed by atoms with Gasteiger partial charge in [-0.3, -0.25) is 4.90 Å². The Balaban J connectivity index is 1.38. The summed E-state index contributed by atoms with van der Waals surface area (Å²) in [5.41, 5.74) is 5.45. The topological polar surface area (TPSA) is 22.3 Å². The zero-order chi connectivity index (χ0) is 20.5. The Morgan fingerprint density at radius 1 is 0.733 bits per heavy atom. The first-order valence-electron chi connectivity index (χ1n) is 10.3. The van der Waals surface area contributed by atoms with E-state index in [9.17, 15) is 8.78 Å². The van der Waals surface area contributed by atoms with Crippen molar-refractivity contribution in [2.45, 2.75) is 6.54 Å². The van der Waals surface area contributed by atoms with Crippen LogP contribution in [0.25, 0.3) is 22.2 Å². The molecule has 1 aliphatic rings. The molecule has 0 atom stereocenters. The molecule has 30 heavy (non-hydrogen) atoms. The minimum absolute atomic E-state index is 0.204. The number of para-hydroxylation sites is 1. The lowest BCUT2D eigenvalue weighted by molar-refractivity contribution is 0.251. The molecule has 5 heteroatoms. The first-order valence-corrected chi connectivity index (χ1v) is 10.3. The number of nitrogens with one attached hydrogen (secondary N) is 1. The van der Waals surface area contributed by atoms with Gasteiger partial charge in [0.1, 0.15) is 11.6 Å². The van der Waals surface area contributed by atoms with Crippen LogP contribution in [0.15, 0.2) is 72.8 Å². The smallest absolute Gasteiger partial charge is 0.123 e. The first-order chi connectivity index (χ1) is 14.7. The van der Waals surface area contributed by atoms with Gasteiger partial charge in [-0.05, 0) is 65.7 Å². The van der Waals surface area contributed by atoms with Gasteiger partial charge < -0.3 is 9.88 Å². The predicted octanol–water partition coefficient (Wildman–Crippen LogP) is 5.44. The summed E-state index contributed by atoms with van der Waals surface area (Å²) in [6.45, 7) is 4.49. The Hall–Kier alpha value is -3.18. The number of hydrogen-bond donors (Lipinski definition) is 1. The highest BCUT2D eigenvalue weighted by Gasteiger charge is 2.21. The Bertz CT molecular complexity index is 1140. The van der Waals surface area contributed by atoms with Crippen LogP contribution in [0.1, 0.15) is 5.56 Å². The molecule has 1 aromatic heterocycles. The number of benzene rings is 3. The normalized spacial score (nSPS) is 15.1. The van der Waals surface area contributed by atoms with E-state index in [1.807, 2.05) is 30.3 Å². The monoisotopic (exact) mass is 403 g/mol. The van der Waals surface area contributed by atoms with Gasteiger partial charge in [0.25, 0.3) is 0 Å². The summed E-state index contributed by atoms with van der Waals surface area (Å²) in [5, 5.41) is 1.21. The quantitative estimate of drug-likeness (QED) is 0.491. The third-order valence-corrected chi connectivity index (χ3v) is 5.89. The number of aromatic nitrogens is 1. The van der Waals surface area contributed by atoms with Crippen LogP contribution in [0.2, 0.25) is 0 Å². The lowest BCUT2D eigenvalue weighted by Crippen LogP contribution is -2.46. The second-order valence-electron chi connectivity index (χ2n) is 7.77. The standard InChI is InChI=1S/C25H23F2N3/c26-19-7-5-18(6-8-19)25-23(22-3-1-2-4-24(22)28-25)17-29-13-15-30(16-14-29)21-11-9-20(27)10-12-21/h1-12,28H,13-17H2. The maximum absolute atomic E-state index is 13.4. The second-order valence-corrected chi connectivity index (χ2v) is 7.77. The van der Waals surface area contributed by atoms with Crippen LogP contribution in [0.5, 0.6) is 0 Å². The van der Waals surface area contributed by atoms with E-state index in [0.29, 0.717) is 0 Å². The van der Waals surface area contributed by atoms with E-state index in [1.165, 1.54) is 35.2 Å². The third-order valence-electron chi connectivity index (χ3n) is 5.89. The highest BCUT2D eigenvalue weighted by Crippen LogP contribution is 2.32. The van der Waals surface area contributed by atoms with E-state index < -0.39 is 0 Å². The van der Waals surface area contributed by atoms with Gasteiger partial charge in [-0.2, -0.15) is 0 Å². The van der Waals surface area contributed by atoms with Gasteiger partial charge in [0.15, 0.2) is 0 Å². The summed E-state index contributed by atoms with van der Waals surface area (Å²) in [5.74, 6) is -0.432. The van der Waals surface area contributed by atoms with Crippen molar-refractivity contribution in [1.29, 1.82) is 0 Å². The molecule has 1 aliphatic heterocycles. The summed E-state index contributed by atoms with van der Waals surface area (Å²) >= 11 is 0. The number of H-pyrrole nitrogens is 1. The summed E-state index contributed by atoms with van der Waals surface area (Å²) in [6.07, 6.45) is 0. The maximum atomic E-state index is 13.4. The minimum Gasteiger partial charge on any atom is -0.369 e. The zero-order valence-corrected chi connectivity index (χ0v) is 16.6. The van der Waals surface area contributed by atoms with E-state index in [1.54, 1.807) is 0 Å². The minimum atomic E-state index is -0.228. The highest BCUT2D eigenvalue weighted by molar-refractivity contribution is 5.90. The number of aromatic amines is 1. The SMILES string of the molecule is Fc1ccc(-c2[nH]c3ccccc3c2CN2CCN(c3ccc(F)cc3)CC2)cc1. The van der Waals surface area contributed by atoms with Crippen molar-refractivity contribution in [3.05, 3.63) is 90.0 Å². The molecule has 0 radical (unpaired) electrons. The molecule has 152 valence electrons. The number of piperazine rings is 1. The predicted molar refractivity (Wildman–Crippen MR) is 118 cm³/mol. The van der Waals surface area contributed by atoms with E-state index in [-0.39, 0.29) is 11.6 Å². The lowest BCUT2D eigenvalue weighted by Gasteiger charge is -2.36. The number of fused-ring (bicyclic) bond motifs is 1. The van der Waals surface area contributed by atoms with Gasteiger partial charge in [0.2, 0.25) is 0 Å². The number of nitrogens with zero attached hydrogens (tertiary/aromatic N) is 2. The van der Waals surface area contributed by atoms with Gasteiger partial charge in [-0.15, -0.1) is 0 Å². The zero-order valence-electron chi connectivity index (χ0n) is 16.6. The Kier molecular flexibility index (Phi) is 4.97. The molecule has 1 saturated heterocycles. The molecule has 0 saturated carbocycles. The number of halogens is 2. The molecular formula is C25H23F2N3. The van der Waals surface area contributed by atoms with E-state index in [0.717, 1.165) is 55.2 Å². The van der Waals surface area contributed by atoms with Crippen molar-refractivity contribution in [2.24, 2.45) is 0 Å². The fourth-order valence-corrected chi connectivity index (χ4v) is 4.27. The van der Waals surface area contributed by atoms with Gasteiger partial charge in [0.05, 0.1) is 5.69 Å². The van der Waals surface area contributed by atoms with Crippen LogP contribution < -0.4 is 4.90 Å². The van der Waals surface area contributed by atoms with Crippen LogP contribution in [-0.2, 0) is 6.54 Å². The molecule has 0 aliphatic carbocycles. The maximum Gasteiger partial charge on any atom is 0.123 e. The van der Waals surface area contributed by atoms with Crippen LogP contribution in [0, 0.1) is 11.6 Å². The Labute approximate surface area is 174 Å². The fourth-order valence-electron chi connectivity index (χ4n) is 4.27. The molecule has 5 rings (SSSR count). The molecule has 2 heterocycles.